The molecule has 3 heterocycles. The lowest BCUT2D eigenvalue weighted by molar-refractivity contribution is -0.141. The number of rotatable bonds is 5. The van der Waals surface area contributed by atoms with E-state index in [4.69, 9.17) is 13.9 Å². The molecule has 2 aromatic rings. The van der Waals surface area contributed by atoms with Gasteiger partial charge < -0.3 is 23.9 Å². The van der Waals surface area contributed by atoms with Gasteiger partial charge in [0.2, 0.25) is 0 Å². The fourth-order valence-electron chi connectivity index (χ4n) is 3.96. The molecule has 2 aliphatic heterocycles. The van der Waals surface area contributed by atoms with Crippen LogP contribution in [0.1, 0.15) is 36.0 Å². The number of aryl methyl sites for hydroxylation is 1. The lowest BCUT2D eigenvalue weighted by atomic mass is 9.98. The first kappa shape index (κ1) is 19.3. The summed E-state index contributed by atoms with van der Waals surface area (Å²) in [6, 6.07) is 9.49. The first-order valence-electron chi connectivity index (χ1n) is 9.61. The van der Waals surface area contributed by atoms with Crippen LogP contribution in [0, 0.1) is 6.92 Å². The Bertz CT molecular complexity index is 969. The van der Waals surface area contributed by atoms with Crippen molar-refractivity contribution in [2.45, 2.75) is 31.9 Å². The van der Waals surface area contributed by atoms with Gasteiger partial charge in [0.15, 0.2) is 0 Å². The van der Waals surface area contributed by atoms with Gasteiger partial charge in [0, 0.05) is 13.2 Å². The Kier molecular flexibility index (Phi) is 5.15. The molecular weight excluding hydrogens is 374 g/mol. The highest BCUT2D eigenvalue weighted by Crippen LogP contribution is 2.41. The molecule has 2 aliphatic rings. The van der Waals surface area contributed by atoms with Crippen molar-refractivity contribution in [2.75, 3.05) is 20.3 Å². The van der Waals surface area contributed by atoms with Gasteiger partial charge in [-0.05, 0) is 44.0 Å². The van der Waals surface area contributed by atoms with Crippen molar-refractivity contribution >= 4 is 17.4 Å². The number of para-hydroxylation sites is 1. The summed E-state index contributed by atoms with van der Waals surface area (Å²) in [5, 5.41) is 11.1. The summed E-state index contributed by atoms with van der Waals surface area (Å²) in [6.45, 7) is 2.69. The lowest BCUT2D eigenvalue weighted by Gasteiger charge is -2.25. The maximum Gasteiger partial charge on any atom is 0.295 e. The minimum atomic E-state index is -0.821. The van der Waals surface area contributed by atoms with Crippen LogP contribution >= 0.6 is 0 Å². The zero-order chi connectivity index (χ0) is 20.5. The molecule has 0 saturated carbocycles. The largest absolute Gasteiger partial charge is 0.507 e. The fourth-order valence-corrected chi connectivity index (χ4v) is 3.96. The van der Waals surface area contributed by atoms with Gasteiger partial charge in [-0.1, -0.05) is 12.1 Å². The summed E-state index contributed by atoms with van der Waals surface area (Å²) in [5.41, 5.74) is 0.338. The zero-order valence-electron chi connectivity index (χ0n) is 16.4. The van der Waals surface area contributed by atoms with Gasteiger partial charge in [-0.2, -0.15) is 0 Å². The van der Waals surface area contributed by atoms with E-state index in [0.717, 1.165) is 12.8 Å². The topological polar surface area (TPSA) is 89.2 Å². The molecule has 7 nitrogen and oxygen atoms in total. The maximum absolute atomic E-state index is 13.0. The molecular formula is C22H23NO6. The van der Waals surface area contributed by atoms with E-state index in [9.17, 15) is 14.7 Å². The van der Waals surface area contributed by atoms with E-state index in [0.29, 0.717) is 29.4 Å². The normalized spacial score (nSPS) is 23.7. The molecule has 1 aromatic carbocycles. The second-order valence-corrected chi connectivity index (χ2v) is 7.24. The second-order valence-electron chi connectivity index (χ2n) is 7.24. The van der Waals surface area contributed by atoms with Crippen LogP contribution in [0.15, 0.2) is 46.4 Å². The van der Waals surface area contributed by atoms with Crippen molar-refractivity contribution in [3.8, 4) is 5.75 Å². The Morgan fingerprint density at radius 3 is 2.69 bits per heavy atom. The fraction of sp³-hybridized carbons (Fsp3) is 0.364. The summed E-state index contributed by atoms with van der Waals surface area (Å²) in [6.07, 6.45) is 1.60. The zero-order valence-corrected chi connectivity index (χ0v) is 16.4. The summed E-state index contributed by atoms with van der Waals surface area (Å²) in [4.78, 5) is 27.3. The third kappa shape index (κ3) is 3.42. The van der Waals surface area contributed by atoms with Crippen LogP contribution in [0.4, 0.5) is 0 Å². The van der Waals surface area contributed by atoms with E-state index >= 15 is 0 Å². The average Bonchev–Trinajstić information content (AvgIpc) is 3.45. The minimum absolute atomic E-state index is 0.00755. The summed E-state index contributed by atoms with van der Waals surface area (Å²) < 4.78 is 16.8. The number of likely N-dealkylation sites (tertiary alicyclic amines) is 1. The first-order valence-corrected chi connectivity index (χ1v) is 9.61. The third-order valence-corrected chi connectivity index (χ3v) is 5.36. The quantitative estimate of drug-likeness (QED) is 0.473. The van der Waals surface area contributed by atoms with E-state index < -0.39 is 17.7 Å². The molecule has 2 saturated heterocycles. The van der Waals surface area contributed by atoms with Gasteiger partial charge in [-0.25, -0.2) is 0 Å². The molecule has 2 fully saturated rings. The SMILES string of the molecule is COc1ccccc1/C(O)=C1/C(=O)C(=O)N(CC2CCCO2)C1c1ccc(C)o1. The maximum atomic E-state index is 13.0. The summed E-state index contributed by atoms with van der Waals surface area (Å²) in [5.74, 6) is -0.211. The Morgan fingerprint density at radius 1 is 1.24 bits per heavy atom. The molecule has 0 radical (unpaired) electrons. The van der Waals surface area contributed by atoms with Crippen molar-refractivity contribution < 1.29 is 28.6 Å². The predicted molar refractivity (Wildman–Crippen MR) is 104 cm³/mol. The van der Waals surface area contributed by atoms with Gasteiger partial charge in [0.05, 0.1) is 24.4 Å². The number of hydrogen-bond donors (Lipinski definition) is 1. The van der Waals surface area contributed by atoms with Crippen LogP contribution < -0.4 is 4.74 Å². The number of Topliss-reactive ketones (excluding diaryl/α,β-unsaturated/α-hetero) is 1. The average molecular weight is 397 g/mol. The summed E-state index contributed by atoms with van der Waals surface area (Å²) in [7, 11) is 1.48. The molecule has 29 heavy (non-hydrogen) atoms. The van der Waals surface area contributed by atoms with Gasteiger partial charge in [-0.3, -0.25) is 9.59 Å². The van der Waals surface area contributed by atoms with Crippen molar-refractivity contribution in [1.29, 1.82) is 0 Å². The Morgan fingerprint density at radius 2 is 2.03 bits per heavy atom. The molecule has 0 aliphatic carbocycles. The van der Waals surface area contributed by atoms with Gasteiger partial charge in [-0.15, -0.1) is 0 Å². The number of amides is 1. The number of carbonyl (C=O) groups excluding carboxylic acids is 2. The van der Waals surface area contributed by atoms with Crippen LogP contribution in [-0.4, -0.2) is 48.1 Å². The molecule has 0 bridgehead atoms. The van der Waals surface area contributed by atoms with Gasteiger partial charge in [0.25, 0.3) is 11.7 Å². The monoisotopic (exact) mass is 397 g/mol. The number of furan rings is 1. The highest BCUT2D eigenvalue weighted by molar-refractivity contribution is 6.46. The van der Waals surface area contributed by atoms with E-state index in [1.54, 1.807) is 43.3 Å². The van der Waals surface area contributed by atoms with Crippen LogP contribution in [-0.2, 0) is 14.3 Å². The van der Waals surface area contributed by atoms with Crippen LogP contribution in [0.3, 0.4) is 0 Å². The number of carbonyl (C=O) groups is 2. The van der Waals surface area contributed by atoms with Crippen molar-refractivity contribution in [2.24, 2.45) is 0 Å². The number of aliphatic hydroxyl groups excluding tert-OH is 1. The molecule has 1 amide bonds. The van der Waals surface area contributed by atoms with E-state index in [1.807, 2.05) is 0 Å². The lowest BCUT2D eigenvalue weighted by Crippen LogP contribution is -2.36. The highest BCUT2D eigenvalue weighted by atomic mass is 16.5. The molecule has 152 valence electrons. The standard InChI is InChI=1S/C22H23NO6/c1-13-9-10-17(29-13)19-18(20(24)15-7-3-4-8-16(15)27-2)21(25)22(26)23(19)12-14-6-5-11-28-14/h3-4,7-10,14,19,24H,5-6,11-12H2,1-2H3/b20-18-. The van der Waals surface area contributed by atoms with Crippen LogP contribution in [0.2, 0.25) is 0 Å². The summed E-state index contributed by atoms with van der Waals surface area (Å²) >= 11 is 0. The number of hydrogen-bond acceptors (Lipinski definition) is 6. The molecule has 2 atom stereocenters. The van der Waals surface area contributed by atoms with E-state index in [2.05, 4.69) is 0 Å². The van der Waals surface area contributed by atoms with Crippen molar-refractivity contribution in [1.82, 2.24) is 4.90 Å². The molecule has 4 rings (SSSR count). The number of aliphatic hydroxyl groups is 1. The molecule has 0 spiro atoms. The number of nitrogens with zero attached hydrogens (tertiary/aromatic N) is 1. The Balaban J connectivity index is 1.84. The predicted octanol–water partition coefficient (Wildman–Crippen LogP) is 3.20. The molecule has 1 N–H and O–H groups in total. The second kappa shape index (κ2) is 7.75. The highest BCUT2D eigenvalue weighted by Gasteiger charge is 2.48. The third-order valence-electron chi connectivity index (χ3n) is 5.36. The Hall–Kier alpha value is -3.06. The Labute approximate surface area is 168 Å². The first-order chi connectivity index (χ1) is 14.0. The number of benzene rings is 1. The number of ether oxygens (including phenoxy) is 2. The number of ketones is 1. The van der Waals surface area contributed by atoms with E-state index in [1.165, 1.54) is 12.0 Å². The number of methoxy groups -OCH3 is 1. The van der Waals surface area contributed by atoms with Crippen LogP contribution in [0.5, 0.6) is 5.75 Å². The molecule has 1 aromatic heterocycles. The van der Waals surface area contributed by atoms with Crippen LogP contribution in [0.25, 0.3) is 5.76 Å². The van der Waals surface area contributed by atoms with E-state index in [-0.39, 0.29) is 24.0 Å². The van der Waals surface area contributed by atoms with Crippen molar-refractivity contribution in [3.05, 3.63) is 59.1 Å². The van der Waals surface area contributed by atoms with Gasteiger partial charge >= 0.3 is 0 Å². The molecule has 2 unspecified atom stereocenters. The van der Waals surface area contributed by atoms with Crippen molar-refractivity contribution in [3.63, 3.8) is 0 Å². The van der Waals surface area contributed by atoms with Gasteiger partial charge in [0.1, 0.15) is 29.1 Å². The smallest absolute Gasteiger partial charge is 0.295 e. The molecule has 7 heteroatoms. The minimum Gasteiger partial charge on any atom is -0.507 e.